The predicted molar refractivity (Wildman–Crippen MR) is 118 cm³/mol. The number of thioether (sulfide) groups is 1. The standard InChI is InChI=1S/C22H26N4O2S/c1-25(18-8-4-3-5-9-18)14-7-12-23-21(27)17-29-22-24-13-15-26(22)19-10-6-11-20(16-19)28-2/h3-6,8-11,13,15-16H,7,12,14,17H2,1-2H3,(H,23,27). The van der Waals surface area contributed by atoms with Gasteiger partial charge in [0.05, 0.1) is 18.6 Å². The molecule has 0 spiro atoms. The van der Waals surface area contributed by atoms with Crippen LogP contribution < -0.4 is 15.0 Å². The van der Waals surface area contributed by atoms with Crippen molar-refractivity contribution in [2.45, 2.75) is 11.6 Å². The zero-order valence-corrected chi connectivity index (χ0v) is 17.6. The van der Waals surface area contributed by atoms with Crippen molar-refractivity contribution >= 4 is 23.4 Å². The summed E-state index contributed by atoms with van der Waals surface area (Å²) in [5, 5.41) is 3.76. The van der Waals surface area contributed by atoms with Crippen molar-refractivity contribution in [2.75, 3.05) is 37.9 Å². The Balaban J connectivity index is 1.43. The quantitative estimate of drug-likeness (QED) is 0.409. The lowest BCUT2D eigenvalue weighted by Gasteiger charge is -2.19. The summed E-state index contributed by atoms with van der Waals surface area (Å²) < 4.78 is 7.24. The molecule has 1 aromatic heterocycles. The molecule has 29 heavy (non-hydrogen) atoms. The number of benzene rings is 2. The Kier molecular flexibility index (Phi) is 7.58. The van der Waals surface area contributed by atoms with Crippen LogP contribution in [0.3, 0.4) is 0 Å². The molecule has 0 saturated carbocycles. The third-order valence-electron chi connectivity index (χ3n) is 4.46. The number of amides is 1. The van der Waals surface area contributed by atoms with Gasteiger partial charge >= 0.3 is 0 Å². The van der Waals surface area contributed by atoms with Gasteiger partial charge in [0.25, 0.3) is 0 Å². The average Bonchev–Trinajstić information content (AvgIpc) is 3.24. The SMILES string of the molecule is COc1cccc(-n2ccnc2SCC(=O)NCCCN(C)c2ccccc2)c1. The van der Waals surface area contributed by atoms with Gasteiger partial charge in [0.1, 0.15) is 5.75 Å². The predicted octanol–water partition coefficient (Wildman–Crippen LogP) is 3.62. The minimum atomic E-state index is 0.0116. The van der Waals surface area contributed by atoms with E-state index in [-0.39, 0.29) is 5.91 Å². The number of hydrogen-bond acceptors (Lipinski definition) is 5. The number of methoxy groups -OCH3 is 1. The first-order valence-electron chi connectivity index (χ1n) is 9.51. The first kappa shape index (κ1) is 20.8. The van der Waals surface area contributed by atoms with Crippen molar-refractivity contribution in [1.82, 2.24) is 14.9 Å². The van der Waals surface area contributed by atoms with Crippen molar-refractivity contribution in [2.24, 2.45) is 0 Å². The molecule has 0 aliphatic rings. The van der Waals surface area contributed by atoms with Gasteiger partial charge in [-0.2, -0.15) is 0 Å². The number of rotatable bonds is 10. The Hall–Kier alpha value is -2.93. The maximum absolute atomic E-state index is 12.2. The van der Waals surface area contributed by atoms with Gasteiger partial charge in [0.15, 0.2) is 5.16 Å². The number of carbonyl (C=O) groups is 1. The highest BCUT2D eigenvalue weighted by Gasteiger charge is 2.10. The molecular formula is C22H26N4O2S. The molecule has 6 nitrogen and oxygen atoms in total. The van der Waals surface area contributed by atoms with E-state index in [4.69, 9.17) is 4.74 Å². The normalized spacial score (nSPS) is 10.6. The van der Waals surface area contributed by atoms with Gasteiger partial charge in [0.2, 0.25) is 5.91 Å². The summed E-state index contributed by atoms with van der Waals surface area (Å²) in [7, 11) is 3.70. The second-order valence-electron chi connectivity index (χ2n) is 6.53. The Labute approximate surface area is 175 Å². The molecule has 0 bridgehead atoms. The van der Waals surface area contributed by atoms with Crippen LogP contribution in [0.15, 0.2) is 72.1 Å². The lowest BCUT2D eigenvalue weighted by atomic mass is 10.3. The van der Waals surface area contributed by atoms with E-state index in [1.54, 1.807) is 13.3 Å². The lowest BCUT2D eigenvalue weighted by Crippen LogP contribution is -2.29. The van der Waals surface area contributed by atoms with Crippen LogP contribution in [0.5, 0.6) is 5.75 Å². The van der Waals surface area contributed by atoms with Gasteiger partial charge in [-0.05, 0) is 30.7 Å². The maximum atomic E-state index is 12.2. The lowest BCUT2D eigenvalue weighted by molar-refractivity contribution is -0.118. The summed E-state index contributed by atoms with van der Waals surface area (Å²) in [5.74, 6) is 1.12. The molecule has 0 radical (unpaired) electrons. The van der Waals surface area contributed by atoms with Crippen molar-refractivity contribution in [3.63, 3.8) is 0 Å². The molecule has 0 saturated heterocycles. The molecule has 0 aliphatic carbocycles. The molecule has 0 aliphatic heterocycles. The zero-order chi connectivity index (χ0) is 20.5. The van der Waals surface area contributed by atoms with Gasteiger partial charge in [-0.15, -0.1) is 0 Å². The van der Waals surface area contributed by atoms with Crippen LogP contribution in [0.4, 0.5) is 5.69 Å². The first-order valence-corrected chi connectivity index (χ1v) is 10.5. The van der Waals surface area contributed by atoms with Crippen molar-refractivity contribution in [1.29, 1.82) is 0 Å². The van der Waals surface area contributed by atoms with Crippen LogP contribution in [-0.2, 0) is 4.79 Å². The van der Waals surface area contributed by atoms with Crippen LogP contribution >= 0.6 is 11.8 Å². The number of aromatic nitrogens is 2. The largest absolute Gasteiger partial charge is 0.497 e. The number of imidazole rings is 1. The van der Waals surface area contributed by atoms with Crippen LogP contribution in [-0.4, -0.2) is 48.5 Å². The smallest absolute Gasteiger partial charge is 0.230 e. The zero-order valence-electron chi connectivity index (χ0n) is 16.7. The molecule has 2 aromatic carbocycles. The van der Waals surface area contributed by atoms with Crippen LogP contribution in [0.1, 0.15) is 6.42 Å². The van der Waals surface area contributed by atoms with E-state index in [2.05, 4.69) is 34.4 Å². The minimum absolute atomic E-state index is 0.0116. The van der Waals surface area contributed by atoms with Gasteiger partial charge in [-0.3, -0.25) is 9.36 Å². The topological polar surface area (TPSA) is 59.4 Å². The number of anilines is 1. The number of hydrogen-bond donors (Lipinski definition) is 1. The summed E-state index contributed by atoms with van der Waals surface area (Å²) in [4.78, 5) is 18.8. The fourth-order valence-electron chi connectivity index (χ4n) is 2.89. The number of carbonyl (C=O) groups excluding carboxylic acids is 1. The second-order valence-corrected chi connectivity index (χ2v) is 7.47. The summed E-state index contributed by atoms with van der Waals surface area (Å²) in [6, 6.07) is 18.0. The molecule has 0 unspecified atom stereocenters. The van der Waals surface area contributed by atoms with E-state index in [0.29, 0.717) is 12.3 Å². The highest BCUT2D eigenvalue weighted by atomic mass is 32.2. The van der Waals surface area contributed by atoms with E-state index in [0.717, 1.165) is 29.6 Å². The Morgan fingerprint density at radius 3 is 2.83 bits per heavy atom. The highest BCUT2D eigenvalue weighted by molar-refractivity contribution is 7.99. The van der Waals surface area contributed by atoms with E-state index >= 15 is 0 Å². The number of para-hydroxylation sites is 1. The fourth-order valence-corrected chi connectivity index (χ4v) is 3.69. The molecule has 3 aromatic rings. The van der Waals surface area contributed by atoms with Crippen LogP contribution in [0.25, 0.3) is 5.69 Å². The molecule has 1 heterocycles. The third kappa shape index (κ3) is 6.02. The molecule has 0 atom stereocenters. The molecule has 0 fully saturated rings. The average molecular weight is 411 g/mol. The fraction of sp³-hybridized carbons (Fsp3) is 0.273. The monoisotopic (exact) mass is 410 g/mol. The summed E-state index contributed by atoms with van der Waals surface area (Å²) in [5.41, 5.74) is 2.13. The van der Waals surface area contributed by atoms with E-state index < -0.39 is 0 Å². The molecule has 152 valence electrons. The molecule has 7 heteroatoms. The van der Waals surface area contributed by atoms with Crippen molar-refractivity contribution in [3.05, 3.63) is 67.0 Å². The number of ether oxygens (including phenoxy) is 1. The van der Waals surface area contributed by atoms with Crippen molar-refractivity contribution < 1.29 is 9.53 Å². The Bertz CT molecular complexity index is 914. The molecule has 1 N–H and O–H groups in total. The van der Waals surface area contributed by atoms with Crippen molar-refractivity contribution in [3.8, 4) is 11.4 Å². The summed E-state index contributed by atoms with van der Waals surface area (Å²) in [6.07, 6.45) is 4.51. The number of nitrogens with zero attached hydrogens (tertiary/aromatic N) is 3. The molecule has 3 rings (SSSR count). The highest BCUT2D eigenvalue weighted by Crippen LogP contribution is 2.23. The van der Waals surface area contributed by atoms with E-state index in [9.17, 15) is 4.79 Å². The van der Waals surface area contributed by atoms with Crippen LogP contribution in [0, 0.1) is 0 Å². The van der Waals surface area contributed by atoms with Gasteiger partial charge in [-0.1, -0.05) is 36.0 Å². The molecular weight excluding hydrogens is 384 g/mol. The van der Waals surface area contributed by atoms with Crippen LogP contribution in [0.2, 0.25) is 0 Å². The third-order valence-corrected chi connectivity index (χ3v) is 5.43. The van der Waals surface area contributed by atoms with Gasteiger partial charge in [0, 0.05) is 44.3 Å². The van der Waals surface area contributed by atoms with Gasteiger partial charge in [-0.25, -0.2) is 4.98 Å². The summed E-state index contributed by atoms with van der Waals surface area (Å²) in [6.45, 7) is 1.54. The van der Waals surface area contributed by atoms with E-state index in [1.807, 2.05) is 53.2 Å². The summed E-state index contributed by atoms with van der Waals surface area (Å²) >= 11 is 1.42. The van der Waals surface area contributed by atoms with E-state index in [1.165, 1.54) is 17.4 Å². The number of nitrogens with one attached hydrogen (secondary N) is 1. The minimum Gasteiger partial charge on any atom is -0.497 e. The first-order chi connectivity index (χ1) is 14.2. The molecule has 1 amide bonds. The maximum Gasteiger partial charge on any atom is 0.230 e. The Morgan fingerprint density at radius 2 is 2.03 bits per heavy atom. The second kappa shape index (κ2) is 10.6. The Morgan fingerprint density at radius 1 is 1.21 bits per heavy atom. The van der Waals surface area contributed by atoms with Gasteiger partial charge < -0.3 is 15.0 Å².